The fraction of sp³-hybridized carbons (Fsp3) is 0.333. The summed E-state index contributed by atoms with van der Waals surface area (Å²) in [6.07, 6.45) is 3.61. The van der Waals surface area contributed by atoms with Crippen molar-refractivity contribution < 1.29 is 0 Å². The topological polar surface area (TPSA) is 56.7 Å². The number of hydrogen-bond acceptors (Lipinski definition) is 4. The molecule has 0 saturated heterocycles. The van der Waals surface area contributed by atoms with Crippen LogP contribution in [0.1, 0.15) is 16.3 Å². The number of rotatable bonds is 3. The van der Waals surface area contributed by atoms with Crippen molar-refractivity contribution in [2.45, 2.75) is 20.0 Å². The van der Waals surface area contributed by atoms with E-state index in [1.807, 2.05) is 12.4 Å². The van der Waals surface area contributed by atoms with Crippen LogP contribution in [-0.4, -0.2) is 14.5 Å². The second-order valence-corrected chi connectivity index (χ2v) is 4.02. The third-order valence-corrected chi connectivity index (χ3v) is 3.09. The number of nitrogens with zero attached hydrogens (tertiary/aromatic N) is 3. The van der Waals surface area contributed by atoms with E-state index < -0.39 is 0 Å². The number of aryl methyl sites for hydroxylation is 1. The Kier molecular flexibility index (Phi) is 2.60. The highest BCUT2D eigenvalue weighted by Crippen LogP contribution is 2.14. The Morgan fingerprint density at radius 1 is 1.57 bits per heavy atom. The predicted molar refractivity (Wildman–Crippen MR) is 56.1 cm³/mol. The molecule has 0 bridgehead atoms. The summed E-state index contributed by atoms with van der Waals surface area (Å²) in [4.78, 5) is 9.54. The molecule has 0 unspecified atom stereocenters. The van der Waals surface area contributed by atoms with Gasteiger partial charge in [-0.25, -0.2) is 9.97 Å². The zero-order valence-corrected chi connectivity index (χ0v) is 8.79. The lowest BCUT2D eigenvalue weighted by atomic mass is 10.3. The molecule has 2 aromatic rings. The Hall–Kier alpha value is -1.20. The van der Waals surface area contributed by atoms with Crippen LogP contribution in [0.4, 0.5) is 0 Å². The standard InChI is InChI=1S/C9H12N4S/c1-7-9(14-6-12-7)4-13-5-11-3-8(13)2-10/h3,5-6H,2,4,10H2,1H3. The molecule has 5 heteroatoms. The molecule has 0 aliphatic heterocycles. The van der Waals surface area contributed by atoms with E-state index >= 15 is 0 Å². The predicted octanol–water partition coefficient (Wildman–Crippen LogP) is 1.16. The van der Waals surface area contributed by atoms with Gasteiger partial charge in [0, 0.05) is 17.6 Å². The highest BCUT2D eigenvalue weighted by Gasteiger charge is 2.04. The van der Waals surface area contributed by atoms with E-state index in [2.05, 4.69) is 14.5 Å². The molecule has 0 aliphatic carbocycles. The number of thiazole rings is 1. The second kappa shape index (κ2) is 3.89. The summed E-state index contributed by atoms with van der Waals surface area (Å²) in [5.74, 6) is 0. The molecule has 2 N–H and O–H groups in total. The molecular formula is C9H12N4S. The SMILES string of the molecule is Cc1ncsc1Cn1cncc1CN. The molecule has 0 radical (unpaired) electrons. The van der Waals surface area contributed by atoms with Crippen LogP contribution in [0.25, 0.3) is 0 Å². The van der Waals surface area contributed by atoms with Gasteiger partial charge in [0.15, 0.2) is 0 Å². The summed E-state index contributed by atoms with van der Waals surface area (Å²) in [6.45, 7) is 3.37. The van der Waals surface area contributed by atoms with Crippen molar-refractivity contribution in [3.63, 3.8) is 0 Å². The Morgan fingerprint density at radius 2 is 2.43 bits per heavy atom. The summed E-state index contributed by atoms with van der Waals surface area (Å²) in [5.41, 5.74) is 9.60. The van der Waals surface area contributed by atoms with Crippen LogP contribution >= 0.6 is 11.3 Å². The van der Waals surface area contributed by atoms with Gasteiger partial charge in [0.1, 0.15) is 0 Å². The van der Waals surface area contributed by atoms with E-state index in [0.717, 1.165) is 17.9 Å². The Balaban J connectivity index is 2.22. The highest BCUT2D eigenvalue weighted by atomic mass is 32.1. The van der Waals surface area contributed by atoms with Gasteiger partial charge in [-0.2, -0.15) is 0 Å². The van der Waals surface area contributed by atoms with Gasteiger partial charge < -0.3 is 10.3 Å². The summed E-state index contributed by atoms with van der Waals surface area (Å²) in [6, 6.07) is 0. The Morgan fingerprint density at radius 3 is 3.07 bits per heavy atom. The lowest BCUT2D eigenvalue weighted by Gasteiger charge is -2.04. The molecule has 0 aliphatic rings. The number of aromatic nitrogens is 3. The number of nitrogens with two attached hydrogens (primary N) is 1. The van der Waals surface area contributed by atoms with Crippen LogP contribution in [0.3, 0.4) is 0 Å². The van der Waals surface area contributed by atoms with Gasteiger partial charge in [-0.3, -0.25) is 0 Å². The molecule has 0 atom stereocenters. The first kappa shape index (κ1) is 9.36. The molecule has 0 aromatic carbocycles. The molecule has 0 amide bonds. The van der Waals surface area contributed by atoms with E-state index in [-0.39, 0.29) is 0 Å². The van der Waals surface area contributed by atoms with Crippen LogP contribution in [-0.2, 0) is 13.1 Å². The van der Waals surface area contributed by atoms with E-state index in [1.165, 1.54) is 4.88 Å². The molecule has 0 spiro atoms. The van der Waals surface area contributed by atoms with Gasteiger partial charge in [0.25, 0.3) is 0 Å². The average Bonchev–Trinajstić information content (AvgIpc) is 2.77. The first-order chi connectivity index (χ1) is 6.81. The third-order valence-electron chi connectivity index (χ3n) is 2.17. The van der Waals surface area contributed by atoms with Crippen LogP contribution in [0.5, 0.6) is 0 Å². The van der Waals surface area contributed by atoms with E-state index in [9.17, 15) is 0 Å². The molecule has 14 heavy (non-hydrogen) atoms. The van der Waals surface area contributed by atoms with Gasteiger partial charge >= 0.3 is 0 Å². The minimum absolute atomic E-state index is 0.526. The van der Waals surface area contributed by atoms with Crippen molar-refractivity contribution in [2.75, 3.05) is 0 Å². The summed E-state index contributed by atoms with van der Waals surface area (Å²) in [5, 5.41) is 0. The van der Waals surface area contributed by atoms with Crippen LogP contribution in [0.2, 0.25) is 0 Å². The summed E-state index contributed by atoms with van der Waals surface area (Å²) < 4.78 is 2.06. The van der Waals surface area contributed by atoms with Crippen molar-refractivity contribution in [1.29, 1.82) is 0 Å². The highest BCUT2D eigenvalue weighted by molar-refractivity contribution is 7.09. The first-order valence-corrected chi connectivity index (χ1v) is 5.27. The third kappa shape index (κ3) is 1.69. The minimum atomic E-state index is 0.526. The quantitative estimate of drug-likeness (QED) is 0.823. The number of hydrogen-bond donors (Lipinski definition) is 1. The van der Waals surface area contributed by atoms with Gasteiger partial charge in [-0.05, 0) is 6.92 Å². The molecule has 2 heterocycles. The molecule has 2 rings (SSSR count). The maximum absolute atomic E-state index is 5.59. The lowest BCUT2D eigenvalue weighted by molar-refractivity contribution is 0.744. The van der Waals surface area contributed by atoms with Gasteiger partial charge in [0.05, 0.1) is 29.8 Å². The smallest absolute Gasteiger partial charge is 0.0952 e. The lowest BCUT2D eigenvalue weighted by Crippen LogP contribution is -2.07. The van der Waals surface area contributed by atoms with E-state index in [4.69, 9.17) is 5.73 Å². The average molecular weight is 208 g/mol. The van der Waals surface area contributed by atoms with Gasteiger partial charge in [-0.1, -0.05) is 0 Å². The van der Waals surface area contributed by atoms with Crippen molar-refractivity contribution in [3.8, 4) is 0 Å². The van der Waals surface area contributed by atoms with E-state index in [0.29, 0.717) is 6.54 Å². The number of imidazole rings is 1. The Labute approximate surface area is 86.4 Å². The van der Waals surface area contributed by atoms with Crippen LogP contribution < -0.4 is 5.73 Å². The molecule has 0 fully saturated rings. The normalized spacial score (nSPS) is 10.7. The summed E-state index contributed by atoms with van der Waals surface area (Å²) >= 11 is 1.67. The van der Waals surface area contributed by atoms with Crippen molar-refractivity contribution in [2.24, 2.45) is 5.73 Å². The summed E-state index contributed by atoms with van der Waals surface area (Å²) in [7, 11) is 0. The van der Waals surface area contributed by atoms with E-state index in [1.54, 1.807) is 23.9 Å². The molecular weight excluding hydrogens is 196 g/mol. The Bertz CT molecular complexity index is 418. The fourth-order valence-corrected chi connectivity index (χ4v) is 2.07. The second-order valence-electron chi connectivity index (χ2n) is 3.08. The van der Waals surface area contributed by atoms with Crippen molar-refractivity contribution >= 4 is 11.3 Å². The fourth-order valence-electron chi connectivity index (χ4n) is 1.29. The molecule has 74 valence electrons. The maximum Gasteiger partial charge on any atom is 0.0952 e. The molecule has 4 nitrogen and oxygen atoms in total. The largest absolute Gasteiger partial charge is 0.328 e. The van der Waals surface area contributed by atoms with Crippen molar-refractivity contribution in [3.05, 3.63) is 34.3 Å². The van der Waals surface area contributed by atoms with Crippen LogP contribution in [0, 0.1) is 6.92 Å². The minimum Gasteiger partial charge on any atom is -0.328 e. The van der Waals surface area contributed by atoms with Crippen LogP contribution in [0.15, 0.2) is 18.0 Å². The monoisotopic (exact) mass is 208 g/mol. The van der Waals surface area contributed by atoms with Crippen molar-refractivity contribution in [1.82, 2.24) is 14.5 Å². The molecule has 2 aromatic heterocycles. The maximum atomic E-state index is 5.59. The van der Waals surface area contributed by atoms with Gasteiger partial charge in [-0.15, -0.1) is 11.3 Å². The first-order valence-electron chi connectivity index (χ1n) is 4.39. The zero-order valence-electron chi connectivity index (χ0n) is 7.97. The molecule has 0 saturated carbocycles. The zero-order chi connectivity index (χ0) is 9.97. The van der Waals surface area contributed by atoms with Gasteiger partial charge in [0.2, 0.25) is 0 Å².